The molecule has 0 fully saturated rings. The van der Waals surface area contributed by atoms with Gasteiger partial charge in [0.1, 0.15) is 19.8 Å². The number of carbonyl (C=O) groups excluding carboxylic acids is 1. The van der Waals surface area contributed by atoms with Gasteiger partial charge in [-0.3, -0.25) is 4.79 Å². The van der Waals surface area contributed by atoms with E-state index in [4.69, 9.17) is 14.2 Å². The molecule has 2 aromatic carbocycles. The van der Waals surface area contributed by atoms with E-state index in [1.807, 2.05) is 67.6 Å². The third kappa shape index (κ3) is 4.89. The summed E-state index contributed by atoms with van der Waals surface area (Å²) >= 11 is 0. The first-order valence-corrected chi connectivity index (χ1v) is 9.98. The van der Waals surface area contributed by atoms with Crippen molar-refractivity contribution in [1.29, 1.82) is 0 Å². The summed E-state index contributed by atoms with van der Waals surface area (Å²) in [5.41, 5.74) is 2.89. The van der Waals surface area contributed by atoms with Crippen molar-refractivity contribution in [2.45, 2.75) is 26.0 Å². The van der Waals surface area contributed by atoms with Crippen molar-refractivity contribution in [3.05, 3.63) is 83.6 Å². The molecule has 6 nitrogen and oxygen atoms in total. The van der Waals surface area contributed by atoms with Gasteiger partial charge in [0.15, 0.2) is 11.5 Å². The third-order valence-electron chi connectivity index (χ3n) is 4.96. The molecule has 1 amide bonds. The minimum atomic E-state index is -0.309. The number of ether oxygens (including phenoxy) is 3. The van der Waals surface area contributed by atoms with Crippen LogP contribution in [0.25, 0.3) is 0 Å². The standard InChI is InChI=1S/C24H24N2O4/c1-17(20-7-8-21-22(14-20)29-12-11-28-21)24(27)26-15-19-9-10-25-23(13-19)30-16-18-5-3-2-4-6-18/h2-10,13-14,17H,11-12,15-16H2,1H3,(H,26,27). The Kier molecular flexibility index (Phi) is 6.13. The summed E-state index contributed by atoms with van der Waals surface area (Å²) in [4.78, 5) is 16.9. The predicted molar refractivity (Wildman–Crippen MR) is 113 cm³/mol. The Morgan fingerprint density at radius 1 is 1.03 bits per heavy atom. The molecule has 3 aromatic rings. The molecule has 2 heterocycles. The molecule has 0 radical (unpaired) electrons. The molecule has 1 aliphatic heterocycles. The topological polar surface area (TPSA) is 69.7 Å². The van der Waals surface area contributed by atoms with Gasteiger partial charge in [0.25, 0.3) is 0 Å². The summed E-state index contributed by atoms with van der Waals surface area (Å²) in [7, 11) is 0. The number of hydrogen-bond acceptors (Lipinski definition) is 5. The van der Waals surface area contributed by atoms with E-state index in [0.717, 1.165) is 22.4 Å². The molecule has 1 atom stereocenters. The number of amides is 1. The molecule has 1 aromatic heterocycles. The van der Waals surface area contributed by atoms with Crippen molar-refractivity contribution in [3.8, 4) is 17.4 Å². The van der Waals surface area contributed by atoms with E-state index in [1.165, 1.54) is 0 Å². The summed E-state index contributed by atoms with van der Waals surface area (Å²) in [5, 5.41) is 2.98. The highest BCUT2D eigenvalue weighted by Crippen LogP contribution is 2.33. The quantitative estimate of drug-likeness (QED) is 0.648. The van der Waals surface area contributed by atoms with Crippen molar-refractivity contribution in [2.75, 3.05) is 13.2 Å². The highest BCUT2D eigenvalue weighted by molar-refractivity contribution is 5.83. The zero-order valence-electron chi connectivity index (χ0n) is 16.8. The molecule has 0 saturated carbocycles. The van der Waals surface area contributed by atoms with Gasteiger partial charge in [-0.1, -0.05) is 36.4 Å². The van der Waals surface area contributed by atoms with E-state index in [9.17, 15) is 4.79 Å². The second kappa shape index (κ2) is 9.31. The normalized spacial score (nSPS) is 13.4. The summed E-state index contributed by atoms with van der Waals surface area (Å²) < 4.78 is 16.9. The van der Waals surface area contributed by atoms with Gasteiger partial charge in [-0.2, -0.15) is 0 Å². The number of rotatable bonds is 7. The van der Waals surface area contributed by atoms with Crippen molar-refractivity contribution in [1.82, 2.24) is 10.3 Å². The minimum Gasteiger partial charge on any atom is -0.486 e. The molecule has 1 aliphatic rings. The first-order valence-electron chi connectivity index (χ1n) is 9.98. The van der Waals surface area contributed by atoms with Crippen LogP contribution in [-0.4, -0.2) is 24.1 Å². The van der Waals surface area contributed by atoms with Crippen LogP contribution in [0.1, 0.15) is 29.5 Å². The van der Waals surface area contributed by atoms with Gasteiger partial charge in [-0.15, -0.1) is 0 Å². The van der Waals surface area contributed by atoms with Gasteiger partial charge >= 0.3 is 0 Å². The molecule has 4 rings (SSSR count). The maximum Gasteiger partial charge on any atom is 0.227 e. The zero-order valence-corrected chi connectivity index (χ0v) is 16.8. The van der Waals surface area contributed by atoms with E-state index in [-0.39, 0.29) is 11.8 Å². The van der Waals surface area contributed by atoms with Crippen LogP contribution in [0.3, 0.4) is 0 Å². The van der Waals surface area contributed by atoms with E-state index in [1.54, 1.807) is 6.20 Å². The Balaban J connectivity index is 1.33. The Morgan fingerprint density at radius 3 is 2.67 bits per heavy atom. The van der Waals surface area contributed by atoms with Gasteiger partial charge in [-0.05, 0) is 41.8 Å². The smallest absolute Gasteiger partial charge is 0.227 e. The van der Waals surface area contributed by atoms with Gasteiger partial charge in [0.2, 0.25) is 11.8 Å². The maximum atomic E-state index is 12.7. The summed E-state index contributed by atoms with van der Waals surface area (Å²) in [6.45, 7) is 3.80. The fourth-order valence-electron chi connectivity index (χ4n) is 3.19. The van der Waals surface area contributed by atoms with Crippen molar-refractivity contribution in [3.63, 3.8) is 0 Å². The van der Waals surface area contributed by atoms with Gasteiger partial charge in [0.05, 0.1) is 5.92 Å². The fourth-order valence-corrected chi connectivity index (χ4v) is 3.19. The number of pyridine rings is 1. The molecule has 30 heavy (non-hydrogen) atoms. The highest BCUT2D eigenvalue weighted by atomic mass is 16.6. The predicted octanol–water partition coefficient (Wildman–Crippen LogP) is 3.85. The molecular formula is C24H24N2O4. The van der Waals surface area contributed by atoms with Crippen LogP contribution < -0.4 is 19.5 Å². The second-order valence-electron chi connectivity index (χ2n) is 7.12. The number of benzene rings is 2. The first kappa shape index (κ1) is 19.8. The van der Waals surface area contributed by atoms with Crippen LogP contribution in [-0.2, 0) is 17.9 Å². The van der Waals surface area contributed by atoms with Crippen molar-refractivity contribution >= 4 is 5.91 Å². The monoisotopic (exact) mass is 404 g/mol. The summed E-state index contributed by atoms with van der Waals surface area (Å²) in [6, 6.07) is 19.3. The highest BCUT2D eigenvalue weighted by Gasteiger charge is 2.19. The number of nitrogens with zero attached hydrogens (tertiary/aromatic N) is 1. The van der Waals surface area contributed by atoms with Gasteiger partial charge < -0.3 is 19.5 Å². The molecule has 0 spiro atoms. The molecular weight excluding hydrogens is 380 g/mol. The first-order chi connectivity index (χ1) is 14.7. The van der Waals surface area contributed by atoms with E-state index in [2.05, 4.69) is 10.3 Å². The number of fused-ring (bicyclic) bond motifs is 1. The van der Waals surface area contributed by atoms with Gasteiger partial charge in [0, 0.05) is 18.8 Å². The van der Waals surface area contributed by atoms with Crippen LogP contribution in [0.4, 0.5) is 0 Å². The lowest BCUT2D eigenvalue weighted by Gasteiger charge is -2.20. The Labute approximate surface area is 175 Å². The number of carbonyl (C=O) groups is 1. The van der Waals surface area contributed by atoms with E-state index in [0.29, 0.717) is 38.0 Å². The minimum absolute atomic E-state index is 0.0600. The Morgan fingerprint density at radius 2 is 1.83 bits per heavy atom. The summed E-state index contributed by atoms with van der Waals surface area (Å²) in [5.74, 6) is 1.57. The second-order valence-corrected chi connectivity index (χ2v) is 7.12. The van der Waals surface area contributed by atoms with Crippen molar-refractivity contribution < 1.29 is 19.0 Å². The average Bonchev–Trinajstić information content (AvgIpc) is 2.81. The molecule has 0 bridgehead atoms. The molecule has 154 valence electrons. The number of aromatic nitrogens is 1. The molecule has 0 aliphatic carbocycles. The zero-order chi connectivity index (χ0) is 20.8. The Hall–Kier alpha value is -3.54. The fraction of sp³-hybridized carbons (Fsp3) is 0.250. The molecule has 6 heteroatoms. The van der Waals surface area contributed by atoms with Crippen LogP contribution in [0.5, 0.6) is 17.4 Å². The lowest BCUT2D eigenvalue weighted by molar-refractivity contribution is -0.122. The third-order valence-corrected chi connectivity index (χ3v) is 4.96. The Bertz CT molecular complexity index is 1010. The summed E-state index contributed by atoms with van der Waals surface area (Å²) in [6.07, 6.45) is 1.69. The maximum absolute atomic E-state index is 12.7. The molecule has 1 N–H and O–H groups in total. The molecule has 1 unspecified atom stereocenters. The van der Waals surface area contributed by atoms with Crippen molar-refractivity contribution in [2.24, 2.45) is 0 Å². The lowest BCUT2D eigenvalue weighted by atomic mass is 9.99. The number of hydrogen-bond donors (Lipinski definition) is 1. The van der Waals surface area contributed by atoms with Crippen LogP contribution >= 0.6 is 0 Å². The van der Waals surface area contributed by atoms with E-state index < -0.39 is 0 Å². The van der Waals surface area contributed by atoms with E-state index >= 15 is 0 Å². The SMILES string of the molecule is CC(C(=O)NCc1ccnc(OCc2ccccc2)c1)c1ccc2c(c1)OCCO2. The van der Waals surface area contributed by atoms with Gasteiger partial charge in [-0.25, -0.2) is 4.98 Å². The average molecular weight is 404 g/mol. The van der Waals surface area contributed by atoms with Crippen LogP contribution in [0, 0.1) is 0 Å². The largest absolute Gasteiger partial charge is 0.486 e. The lowest BCUT2D eigenvalue weighted by Crippen LogP contribution is -2.27. The van der Waals surface area contributed by atoms with Crippen LogP contribution in [0.2, 0.25) is 0 Å². The molecule has 0 saturated heterocycles. The number of nitrogens with one attached hydrogen (secondary N) is 1. The van der Waals surface area contributed by atoms with Crippen LogP contribution in [0.15, 0.2) is 66.9 Å².